The summed E-state index contributed by atoms with van der Waals surface area (Å²) >= 11 is 1.64. The molecule has 1 aromatic carbocycles. The molecule has 3 nitrogen and oxygen atoms in total. The Bertz CT molecular complexity index is 452. The third-order valence-corrected chi connectivity index (χ3v) is 3.20. The van der Waals surface area contributed by atoms with Gasteiger partial charge in [0.2, 0.25) is 0 Å². The van der Waals surface area contributed by atoms with Crippen molar-refractivity contribution >= 4 is 23.4 Å². The van der Waals surface area contributed by atoms with Gasteiger partial charge in [-0.15, -0.1) is 18.2 Å². The van der Waals surface area contributed by atoms with E-state index < -0.39 is 0 Å². The average Bonchev–Trinajstić information content (AvgIpc) is 2.38. The van der Waals surface area contributed by atoms with Gasteiger partial charge in [0.15, 0.2) is 0 Å². The molecule has 0 aliphatic heterocycles. The highest BCUT2D eigenvalue weighted by atomic mass is 32.2. The number of hydrogen-bond acceptors (Lipinski definition) is 3. The van der Waals surface area contributed by atoms with Crippen molar-refractivity contribution in [3.05, 3.63) is 29.8 Å². The molecular formula is C15H20N2OS. The standard InChI is InChI=1S/C15H20N2OS/c1-4-10-19-11-9-16-15(18)13-7-5-6-8-14(13)17-12(2)3/h1,5-8,12,17H,9-11H2,2-3H3,(H,16,18). The van der Waals surface area contributed by atoms with Crippen molar-refractivity contribution in [2.45, 2.75) is 19.9 Å². The van der Waals surface area contributed by atoms with Gasteiger partial charge in [-0.2, -0.15) is 0 Å². The van der Waals surface area contributed by atoms with E-state index >= 15 is 0 Å². The second kappa shape index (κ2) is 8.49. The fraction of sp³-hybridized carbons (Fsp3) is 0.400. The van der Waals surface area contributed by atoms with Gasteiger partial charge in [0, 0.05) is 24.0 Å². The molecule has 0 fully saturated rings. The number of thioether (sulfide) groups is 1. The van der Waals surface area contributed by atoms with Crippen molar-refractivity contribution in [3.63, 3.8) is 0 Å². The minimum absolute atomic E-state index is 0.0509. The monoisotopic (exact) mass is 276 g/mol. The molecule has 4 heteroatoms. The van der Waals surface area contributed by atoms with Crippen LogP contribution in [0.2, 0.25) is 0 Å². The molecule has 0 aliphatic rings. The first kappa shape index (κ1) is 15.5. The maximum atomic E-state index is 12.1. The van der Waals surface area contributed by atoms with Crippen molar-refractivity contribution in [2.24, 2.45) is 0 Å². The first-order valence-corrected chi connectivity index (χ1v) is 7.45. The number of benzene rings is 1. The Balaban J connectivity index is 2.54. The molecule has 0 radical (unpaired) electrons. The quantitative estimate of drug-likeness (QED) is 0.594. The van der Waals surface area contributed by atoms with Gasteiger partial charge in [-0.05, 0) is 26.0 Å². The van der Waals surface area contributed by atoms with E-state index in [0.29, 0.717) is 23.9 Å². The molecule has 0 unspecified atom stereocenters. The third-order valence-electron chi connectivity index (χ3n) is 2.33. The maximum Gasteiger partial charge on any atom is 0.253 e. The second-order valence-electron chi connectivity index (χ2n) is 4.36. The molecular weight excluding hydrogens is 256 g/mol. The van der Waals surface area contributed by atoms with E-state index in [1.807, 2.05) is 38.1 Å². The summed E-state index contributed by atoms with van der Waals surface area (Å²) in [4.78, 5) is 12.1. The Kier molecular flexibility index (Phi) is 6.91. The second-order valence-corrected chi connectivity index (χ2v) is 5.46. The van der Waals surface area contributed by atoms with Crippen LogP contribution in [0.1, 0.15) is 24.2 Å². The minimum atomic E-state index is -0.0509. The summed E-state index contributed by atoms with van der Waals surface area (Å²) in [7, 11) is 0. The summed E-state index contributed by atoms with van der Waals surface area (Å²) in [6.07, 6.45) is 5.16. The van der Waals surface area contributed by atoms with Crippen LogP contribution in [0.15, 0.2) is 24.3 Å². The topological polar surface area (TPSA) is 41.1 Å². The van der Waals surface area contributed by atoms with Gasteiger partial charge in [0.05, 0.1) is 11.3 Å². The molecule has 1 aromatic rings. The van der Waals surface area contributed by atoms with E-state index in [1.54, 1.807) is 11.8 Å². The van der Waals surface area contributed by atoms with Crippen LogP contribution in [-0.2, 0) is 0 Å². The number of nitrogens with one attached hydrogen (secondary N) is 2. The Morgan fingerprint density at radius 2 is 2.16 bits per heavy atom. The van der Waals surface area contributed by atoms with Crippen molar-refractivity contribution in [1.29, 1.82) is 0 Å². The van der Waals surface area contributed by atoms with Crippen LogP contribution in [0.5, 0.6) is 0 Å². The molecule has 0 spiro atoms. The largest absolute Gasteiger partial charge is 0.382 e. The average molecular weight is 276 g/mol. The number of amides is 1. The van der Waals surface area contributed by atoms with Crippen molar-refractivity contribution in [2.75, 3.05) is 23.4 Å². The highest BCUT2D eigenvalue weighted by Gasteiger charge is 2.10. The molecule has 0 saturated heterocycles. The van der Waals surface area contributed by atoms with Crippen LogP contribution in [0.25, 0.3) is 0 Å². The van der Waals surface area contributed by atoms with E-state index in [-0.39, 0.29) is 5.91 Å². The highest BCUT2D eigenvalue weighted by Crippen LogP contribution is 2.15. The molecule has 0 bridgehead atoms. The minimum Gasteiger partial charge on any atom is -0.382 e. The van der Waals surface area contributed by atoms with Crippen molar-refractivity contribution < 1.29 is 4.79 Å². The van der Waals surface area contributed by atoms with Gasteiger partial charge >= 0.3 is 0 Å². The summed E-state index contributed by atoms with van der Waals surface area (Å²) in [5.41, 5.74) is 1.55. The SMILES string of the molecule is C#CCSCCNC(=O)c1ccccc1NC(C)C. The zero-order chi connectivity index (χ0) is 14.1. The van der Waals surface area contributed by atoms with E-state index in [2.05, 4.69) is 16.6 Å². The summed E-state index contributed by atoms with van der Waals surface area (Å²) in [6, 6.07) is 7.83. The fourth-order valence-corrected chi connectivity index (χ4v) is 2.09. The van der Waals surface area contributed by atoms with Crippen molar-refractivity contribution in [3.8, 4) is 12.3 Å². The van der Waals surface area contributed by atoms with Crippen molar-refractivity contribution in [1.82, 2.24) is 5.32 Å². The van der Waals surface area contributed by atoms with Gasteiger partial charge in [-0.25, -0.2) is 0 Å². The molecule has 0 aliphatic carbocycles. The Morgan fingerprint density at radius 3 is 2.84 bits per heavy atom. The molecule has 1 rings (SSSR count). The molecule has 0 atom stereocenters. The fourth-order valence-electron chi connectivity index (χ4n) is 1.58. The van der Waals surface area contributed by atoms with E-state index in [1.165, 1.54) is 0 Å². The van der Waals surface area contributed by atoms with Gasteiger partial charge in [-0.3, -0.25) is 4.79 Å². The summed E-state index contributed by atoms with van der Waals surface area (Å²) in [5.74, 6) is 4.02. The number of hydrogen-bond donors (Lipinski definition) is 2. The lowest BCUT2D eigenvalue weighted by atomic mass is 10.1. The van der Waals surface area contributed by atoms with E-state index in [0.717, 1.165) is 11.4 Å². The summed E-state index contributed by atoms with van der Waals surface area (Å²) in [5, 5.41) is 6.18. The number of rotatable bonds is 7. The van der Waals surface area contributed by atoms with Gasteiger partial charge in [0.1, 0.15) is 0 Å². The number of carbonyl (C=O) groups excluding carboxylic acids is 1. The van der Waals surface area contributed by atoms with Gasteiger partial charge in [0.25, 0.3) is 5.91 Å². The lowest BCUT2D eigenvalue weighted by molar-refractivity contribution is 0.0957. The molecule has 102 valence electrons. The smallest absolute Gasteiger partial charge is 0.253 e. The van der Waals surface area contributed by atoms with Crippen LogP contribution in [0.4, 0.5) is 5.69 Å². The van der Waals surface area contributed by atoms with E-state index in [4.69, 9.17) is 6.42 Å². The van der Waals surface area contributed by atoms with Crippen LogP contribution >= 0.6 is 11.8 Å². The van der Waals surface area contributed by atoms with Gasteiger partial charge in [-0.1, -0.05) is 18.1 Å². The zero-order valence-electron chi connectivity index (χ0n) is 11.4. The molecule has 0 saturated carbocycles. The molecule has 2 N–H and O–H groups in total. The van der Waals surface area contributed by atoms with Crippen LogP contribution in [0, 0.1) is 12.3 Å². The number of terminal acetylenes is 1. The summed E-state index contributed by atoms with van der Waals surface area (Å²) < 4.78 is 0. The van der Waals surface area contributed by atoms with Crippen LogP contribution in [-0.4, -0.2) is 30.0 Å². The van der Waals surface area contributed by atoms with Crippen LogP contribution in [0.3, 0.4) is 0 Å². The predicted molar refractivity (Wildman–Crippen MR) is 83.7 cm³/mol. The molecule has 1 amide bonds. The maximum absolute atomic E-state index is 12.1. The Labute approximate surface area is 119 Å². The Hall–Kier alpha value is -1.60. The predicted octanol–water partition coefficient (Wildman–Crippen LogP) is 2.60. The molecule has 0 aromatic heterocycles. The first-order valence-electron chi connectivity index (χ1n) is 6.30. The number of carbonyl (C=O) groups is 1. The molecule has 0 heterocycles. The number of para-hydroxylation sites is 1. The van der Waals surface area contributed by atoms with Gasteiger partial charge < -0.3 is 10.6 Å². The lowest BCUT2D eigenvalue weighted by Gasteiger charge is -2.14. The van der Waals surface area contributed by atoms with Crippen LogP contribution < -0.4 is 10.6 Å². The summed E-state index contributed by atoms with van der Waals surface area (Å²) in [6.45, 7) is 4.72. The normalized spacial score (nSPS) is 10.0. The lowest BCUT2D eigenvalue weighted by Crippen LogP contribution is -2.27. The zero-order valence-corrected chi connectivity index (χ0v) is 12.2. The van der Waals surface area contributed by atoms with E-state index in [9.17, 15) is 4.79 Å². The Morgan fingerprint density at radius 1 is 1.42 bits per heavy atom. The number of anilines is 1. The highest BCUT2D eigenvalue weighted by molar-refractivity contribution is 7.99. The molecule has 19 heavy (non-hydrogen) atoms. The third kappa shape index (κ3) is 5.71. The first-order chi connectivity index (χ1) is 9.15.